The van der Waals surface area contributed by atoms with E-state index in [1.54, 1.807) is 32.9 Å². The Morgan fingerprint density at radius 3 is 2.30 bits per heavy atom. The number of ether oxygens (including phenoxy) is 2. The zero-order valence-electron chi connectivity index (χ0n) is 13.8. The second-order valence-corrected chi connectivity index (χ2v) is 6.65. The molecule has 1 N–H and O–H groups in total. The molecule has 0 unspecified atom stereocenters. The molecule has 0 aromatic heterocycles. The molecular formula is C17H22FNO4. The van der Waals surface area contributed by atoms with Gasteiger partial charge < -0.3 is 9.47 Å². The van der Waals surface area contributed by atoms with Gasteiger partial charge in [-0.25, -0.2) is 4.39 Å². The van der Waals surface area contributed by atoms with Crippen molar-refractivity contribution in [3.05, 3.63) is 35.6 Å². The van der Waals surface area contributed by atoms with Gasteiger partial charge in [-0.05, 0) is 44.9 Å². The van der Waals surface area contributed by atoms with E-state index in [1.165, 1.54) is 19.2 Å². The maximum Gasteiger partial charge on any atom is 0.322 e. The predicted molar refractivity (Wildman–Crippen MR) is 82.0 cm³/mol. The number of benzene rings is 1. The van der Waals surface area contributed by atoms with E-state index in [9.17, 15) is 14.0 Å². The lowest BCUT2D eigenvalue weighted by molar-refractivity contribution is -0.160. The summed E-state index contributed by atoms with van der Waals surface area (Å²) in [5.41, 5.74) is 0.113. The van der Waals surface area contributed by atoms with E-state index in [2.05, 4.69) is 5.32 Å². The molecule has 0 amide bonds. The summed E-state index contributed by atoms with van der Waals surface area (Å²) in [5, 5.41) is 3.10. The topological polar surface area (TPSA) is 64.6 Å². The molecule has 0 saturated carbocycles. The van der Waals surface area contributed by atoms with Crippen LogP contribution in [0.4, 0.5) is 4.39 Å². The van der Waals surface area contributed by atoms with Crippen LogP contribution in [0.5, 0.6) is 0 Å². The zero-order chi connectivity index (χ0) is 17.2. The lowest BCUT2D eigenvalue weighted by Crippen LogP contribution is -2.33. The van der Waals surface area contributed by atoms with Gasteiger partial charge in [0.25, 0.3) is 0 Å². The molecule has 126 valence electrons. The fourth-order valence-electron chi connectivity index (χ4n) is 2.71. The van der Waals surface area contributed by atoms with Crippen LogP contribution in [0.1, 0.15) is 38.8 Å². The third-order valence-electron chi connectivity index (χ3n) is 3.70. The number of nitrogens with one attached hydrogen (secondary N) is 1. The van der Waals surface area contributed by atoms with Crippen LogP contribution < -0.4 is 5.32 Å². The smallest absolute Gasteiger partial charge is 0.322 e. The number of hydrogen-bond acceptors (Lipinski definition) is 5. The van der Waals surface area contributed by atoms with Gasteiger partial charge in [0.05, 0.1) is 13.0 Å². The highest BCUT2D eigenvalue weighted by Gasteiger charge is 2.44. The Labute approximate surface area is 135 Å². The van der Waals surface area contributed by atoms with Gasteiger partial charge in [0.15, 0.2) is 0 Å². The molecule has 0 radical (unpaired) electrons. The van der Waals surface area contributed by atoms with Gasteiger partial charge in [-0.3, -0.25) is 14.9 Å². The maximum atomic E-state index is 13.1. The third-order valence-corrected chi connectivity index (χ3v) is 3.70. The Hall–Kier alpha value is -1.95. The maximum absolute atomic E-state index is 13.1. The van der Waals surface area contributed by atoms with Crippen LogP contribution in [-0.2, 0) is 19.1 Å². The Bertz CT molecular complexity index is 579. The summed E-state index contributed by atoms with van der Waals surface area (Å²) in [6, 6.07) is 4.85. The van der Waals surface area contributed by atoms with Crippen LogP contribution in [0.3, 0.4) is 0 Å². The monoisotopic (exact) mass is 323 g/mol. The molecular weight excluding hydrogens is 301 g/mol. The summed E-state index contributed by atoms with van der Waals surface area (Å²) < 4.78 is 23.3. The Morgan fingerprint density at radius 2 is 1.78 bits per heavy atom. The van der Waals surface area contributed by atoms with E-state index in [1.807, 2.05) is 0 Å². The molecule has 2 rings (SSSR count). The highest BCUT2D eigenvalue weighted by atomic mass is 19.1. The number of halogens is 1. The predicted octanol–water partition coefficient (Wildman–Crippen LogP) is 2.36. The Balaban J connectivity index is 2.25. The van der Waals surface area contributed by atoms with Gasteiger partial charge in [0, 0.05) is 6.04 Å². The highest BCUT2D eigenvalue weighted by Crippen LogP contribution is 2.35. The summed E-state index contributed by atoms with van der Waals surface area (Å²) in [4.78, 5) is 24.3. The second-order valence-electron chi connectivity index (χ2n) is 6.65. The highest BCUT2D eigenvalue weighted by molar-refractivity contribution is 5.80. The van der Waals surface area contributed by atoms with E-state index in [-0.39, 0.29) is 18.2 Å². The lowest BCUT2D eigenvalue weighted by Gasteiger charge is -2.25. The normalized spacial score (nSPS) is 24.3. The third kappa shape index (κ3) is 4.28. The van der Waals surface area contributed by atoms with E-state index >= 15 is 0 Å². The fraction of sp³-hybridized carbons (Fsp3) is 0.529. The van der Waals surface area contributed by atoms with Crippen molar-refractivity contribution in [3.63, 3.8) is 0 Å². The summed E-state index contributed by atoms with van der Waals surface area (Å²) >= 11 is 0. The van der Waals surface area contributed by atoms with Crippen LogP contribution in [-0.4, -0.2) is 30.7 Å². The fourth-order valence-corrected chi connectivity index (χ4v) is 2.71. The minimum absolute atomic E-state index is 0.281. The van der Waals surface area contributed by atoms with E-state index in [0.717, 1.165) is 5.56 Å². The Kier molecular flexibility index (Phi) is 5.04. The zero-order valence-corrected chi connectivity index (χ0v) is 13.8. The number of hydrogen-bond donors (Lipinski definition) is 1. The van der Waals surface area contributed by atoms with Crippen LogP contribution >= 0.6 is 0 Å². The van der Waals surface area contributed by atoms with Crippen molar-refractivity contribution in [3.8, 4) is 0 Å². The SMILES string of the molecule is COC(=O)[C@@H]1C[C@H](C(=O)OC(C)(C)C)[C@H](c2ccc(F)cc2)N1. The average molecular weight is 323 g/mol. The first-order valence-electron chi connectivity index (χ1n) is 7.53. The van der Waals surface area contributed by atoms with Crippen molar-refractivity contribution in [1.29, 1.82) is 0 Å². The van der Waals surface area contributed by atoms with Crippen molar-refractivity contribution in [2.24, 2.45) is 5.92 Å². The molecule has 1 aliphatic heterocycles. The number of carbonyl (C=O) groups excluding carboxylic acids is 2. The van der Waals surface area contributed by atoms with E-state index in [4.69, 9.17) is 9.47 Å². The first-order chi connectivity index (χ1) is 10.7. The molecule has 0 spiro atoms. The van der Waals surface area contributed by atoms with Crippen LogP contribution in [0, 0.1) is 11.7 Å². The number of rotatable bonds is 3. The van der Waals surface area contributed by atoms with Crippen molar-refractivity contribution >= 4 is 11.9 Å². The summed E-state index contributed by atoms with van der Waals surface area (Å²) in [6.45, 7) is 5.37. The van der Waals surface area contributed by atoms with Crippen LogP contribution in [0.25, 0.3) is 0 Å². The van der Waals surface area contributed by atoms with E-state index < -0.39 is 29.6 Å². The molecule has 23 heavy (non-hydrogen) atoms. The second kappa shape index (κ2) is 6.66. The average Bonchev–Trinajstić information content (AvgIpc) is 2.90. The lowest BCUT2D eigenvalue weighted by atomic mass is 9.93. The molecule has 6 heteroatoms. The van der Waals surface area contributed by atoms with Gasteiger partial charge in [0.2, 0.25) is 0 Å². The number of methoxy groups -OCH3 is 1. The van der Waals surface area contributed by atoms with Gasteiger partial charge in [-0.1, -0.05) is 12.1 Å². The van der Waals surface area contributed by atoms with Crippen molar-refractivity contribution in [2.45, 2.75) is 44.9 Å². The molecule has 0 bridgehead atoms. The van der Waals surface area contributed by atoms with Crippen molar-refractivity contribution in [2.75, 3.05) is 7.11 Å². The number of esters is 2. The van der Waals surface area contributed by atoms with Gasteiger partial charge in [0.1, 0.15) is 17.5 Å². The van der Waals surface area contributed by atoms with Crippen molar-refractivity contribution < 1.29 is 23.5 Å². The largest absolute Gasteiger partial charge is 0.468 e. The molecule has 1 aliphatic rings. The number of carbonyl (C=O) groups is 2. The quantitative estimate of drug-likeness (QED) is 0.865. The molecule has 0 aliphatic carbocycles. The minimum Gasteiger partial charge on any atom is -0.468 e. The first-order valence-corrected chi connectivity index (χ1v) is 7.53. The van der Waals surface area contributed by atoms with Crippen LogP contribution in [0.2, 0.25) is 0 Å². The molecule has 5 nitrogen and oxygen atoms in total. The Morgan fingerprint density at radius 1 is 1.17 bits per heavy atom. The standard InChI is InChI=1S/C17H22FNO4/c1-17(2,3)23-15(20)12-9-13(16(21)22-4)19-14(12)10-5-7-11(18)8-6-10/h5-8,12-14,19H,9H2,1-4H3/t12-,13-,14-/m0/s1. The van der Waals surface area contributed by atoms with E-state index in [0.29, 0.717) is 0 Å². The first kappa shape index (κ1) is 17.4. The minimum atomic E-state index is -0.617. The molecule has 1 heterocycles. The van der Waals surface area contributed by atoms with Gasteiger partial charge >= 0.3 is 11.9 Å². The summed E-state index contributed by atoms with van der Waals surface area (Å²) in [5.74, 6) is -1.71. The van der Waals surface area contributed by atoms with Gasteiger partial charge in [-0.2, -0.15) is 0 Å². The molecule has 3 atom stereocenters. The molecule has 1 aromatic carbocycles. The van der Waals surface area contributed by atoms with Crippen molar-refractivity contribution in [1.82, 2.24) is 5.32 Å². The molecule has 1 fully saturated rings. The van der Waals surface area contributed by atoms with Crippen LogP contribution in [0.15, 0.2) is 24.3 Å². The summed E-state index contributed by atoms with van der Waals surface area (Å²) in [7, 11) is 1.30. The summed E-state index contributed by atoms with van der Waals surface area (Å²) in [6.07, 6.45) is 0.281. The van der Waals surface area contributed by atoms with Gasteiger partial charge in [-0.15, -0.1) is 0 Å². The molecule has 1 aromatic rings. The molecule has 1 saturated heterocycles.